The lowest BCUT2D eigenvalue weighted by molar-refractivity contribution is 0.0762. The van der Waals surface area contributed by atoms with Gasteiger partial charge in [0.05, 0.1) is 6.61 Å². The second kappa shape index (κ2) is 8.66. The molecule has 0 atom stereocenters. The quantitative estimate of drug-likeness (QED) is 0.793. The fourth-order valence-corrected chi connectivity index (χ4v) is 3.17. The van der Waals surface area contributed by atoms with Crippen molar-refractivity contribution in [3.8, 4) is 5.88 Å². The standard InChI is InChI=1S/C19H26N6O2/c1-4-27-18-15(7-5-8-22-18)19(26)25-12-6-11-24(13-14-25)17-16(23(2)3)20-9-10-21-17/h5,7-10H,4,6,11-14H2,1-3H3. The van der Waals surface area contributed by atoms with Crippen LogP contribution in [-0.4, -0.2) is 72.6 Å². The lowest BCUT2D eigenvalue weighted by Crippen LogP contribution is -2.36. The molecule has 0 unspecified atom stereocenters. The van der Waals surface area contributed by atoms with Gasteiger partial charge in [-0.25, -0.2) is 15.0 Å². The van der Waals surface area contributed by atoms with Crippen molar-refractivity contribution in [1.82, 2.24) is 19.9 Å². The Morgan fingerprint density at radius 2 is 1.93 bits per heavy atom. The molecule has 0 radical (unpaired) electrons. The Balaban J connectivity index is 1.75. The van der Waals surface area contributed by atoms with E-state index >= 15 is 0 Å². The molecule has 1 amide bonds. The molecule has 8 heteroatoms. The molecule has 0 aliphatic carbocycles. The van der Waals surface area contributed by atoms with E-state index in [1.807, 2.05) is 30.8 Å². The number of pyridine rings is 1. The number of aromatic nitrogens is 3. The Morgan fingerprint density at radius 3 is 2.70 bits per heavy atom. The molecule has 1 fully saturated rings. The Bertz CT molecular complexity index is 782. The molecule has 0 bridgehead atoms. The molecule has 1 aliphatic heterocycles. The smallest absolute Gasteiger partial charge is 0.259 e. The molecule has 2 aromatic rings. The second-order valence-electron chi connectivity index (χ2n) is 6.52. The van der Waals surface area contributed by atoms with Crippen molar-refractivity contribution >= 4 is 17.5 Å². The summed E-state index contributed by atoms with van der Waals surface area (Å²) in [4.78, 5) is 32.2. The Kier molecular flexibility index (Phi) is 6.05. The van der Waals surface area contributed by atoms with Crippen LogP contribution in [0, 0.1) is 0 Å². The first-order valence-corrected chi connectivity index (χ1v) is 9.22. The second-order valence-corrected chi connectivity index (χ2v) is 6.52. The minimum Gasteiger partial charge on any atom is -0.477 e. The maximum Gasteiger partial charge on any atom is 0.259 e. The van der Waals surface area contributed by atoms with Gasteiger partial charge in [0.25, 0.3) is 5.91 Å². The molecule has 3 rings (SSSR count). The van der Waals surface area contributed by atoms with Crippen molar-refractivity contribution in [2.45, 2.75) is 13.3 Å². The number of carbonyl (C=O) groups is 1. The summed E-state index contributed by atoms with van der Waals surface area (Å²) < 4.78 is 5.52. The maximum absolute atomic E-state index is 13.0. The van der Waals surface area contributed by atoms with E-state index in [4.69, 9.17) is 4.74 Å². The zero-order valence-corrected chi connectivity index (χ0v) is 16.1. The number of anilines is 2. The van der Waals surface area contributed by atoms with Crippen molar-refractivity contribution in [3.63, 3.8) is 0 Å². The van der Waals surface area contributed by atoms with Crippen LogP contribution < -0.4 is 14.5 Å². The normalized spacial score (nSPS) is 14.6. The molecule has 0 N–H and O–H groups in total. The highest BCUT2D eigenvalue weighted by Crippen LogP contribution is 2.24. The van der Waals surface area contributed by atoms with Gasteiger partial charge >= 0.3 is 0 Å². The van der Waals surface area contributed by atoms with Crippen LogP contribution in [-0.2, 0) is 0 Å². The van der Waals surface area contributed by atoms with Gasteiger partial charge in [-0.15, -0.1) is 0 Å². The molecule has 3 heterocycles. The summed E-state index contributed by atoms with van der Waals surface area (Å²) in [6.07, 6.45) is 5.91. The number of ether oxygens (including phenoxy) is 1. The number of rotatable bonds is 5. The molecule has 0 aromatic carbocycles. The van der Waals surface area contributed by atoms with Crippen LogP contribution in [0.4, 0.5) is 11.6 Å². The van der Waals surface area contributed by atoms with Gasteiger partial charge in [-0.05, 0) is 25.5 Å². The van der Waals surface area contributed by atoms with Crippen LogP contribution in [0.5, 0.6) is 5.88 Å². The predicted octanol–water partition coefficient (Wildman–Crippen LogP) is 1.69. The maximum atomic E-state index is 13.0. The average molecular weight is 370 g/mol. The van der Waals surface area contributed by atoms with Gasteiger partial charge in [0.2, 0.25) is 5.88 Å². The summed E-state index contributed by atoms with van der Waals surface area (Å²) in [7, 11) is 3.91. The number of hydrogen-bond acceptors (Lipinski definition) is 7. The van der Waals surface area contributed by atoms with Crippen LogP contribution in [0.3, 0.4) is 0 Å². The largest absolute Gasteiger partial charge is 0.477 e. The Hall–Kier alpha value is -2.90. The summed E-state index contributed by atoms with van der Waals surface area (Å²) in [5.74, 6) is 2.05. The number of hydrogen-bond donors (Lipinski definition) is 0. The molecule has 144 valence electrons. The highest BCUT2D eigenvalue weighted by molar-refractivity contribution is 5.96. The van der Waals surface area contributed by atoms with E-state index < -0.39 is 0 Å². The summed E-state index contributed by atoms with van der Waals surface area (Å²) in [6, 6.07) is 3.54. The van der Waals surface area contributed by atoms with Crippen molar-refractivity contribution in [2.24, 2.45) is 0 Å². The lowest BCUT2D eigenvalue weighted by atomic mass is 10.2. The van der Waals surface area contributed by atoms with Gasteiger partial charge in [0.15, 0.2) is 11.6 Å². The van der Waals surface area contributed by atoms with Crippen molar-refractivity contribution < 1.29 is 9.53 Å². The molecule has 1 aliphatic rings. The summed E-state index contributed by atoms with van der Waals surface area (Å²) in [5, 5.41) is 0. The SMILES string of the molecule is CCOc1ncccc1C(=O)N1CCCN(c2nccnc2N(C)C)CC1. The molecule has 8 nitrogen and oxygen atoms in total. The van der Waals surface area contributed by atoms with E-state index in [0.29, 0.717) is 37.7 Å². The third kappa shape index (κ3) is 4.27. The fraction of sp³-hybridized carbons (Fsp3) is 0.474. The molecule has 1 saturated heterocycles. The van der Waals surface area contributed by atoms with E-state index in [1.54, 1.807) is 30.7 Å². The van der Waals surface area contributed by atoms with E-state index in [0.717, 1.165) is 24.6 Å². The predicted molar refractivity (Wildman–Crippen MR) is 104 cm³/mol. The number of nitrogens with zero attached hydrogens (tertiary/aromatic N) is 6. The molecular weight excluding hydrogens is 344 g/mol. The van der Waals surface area contributed by atoms with Crippen molar-refractivity contribution in [2.75, 3.05) is 56.7 Å². The van der Waals surface area contributed by atoms with Crippen LogP contribution in [0.15, 0.2) is 30.7 Å². The van der Waals surface area contributed by atoms with Crippen LogP contribution >= 0.6 is 0 Å². The zero-order chi connectivity index (χ0) is 19.2. The van der Waals surface area contributed by atoms with Gasteiger partial charge < -0.3 is 19.4 Å². The van der Waals surface area contributed by atoms with Gasteiger partial charge in [-0.1, -0.05) is 0 Å². The first kappa shape index (κ1) is 18.9. The van der Waals surface area contributed by atoms with Gasteiger partial charge in [0, 0.05) is 58.9 Å². The van der Waals surface area contributed by atoms with Crippen LogP contribution in [0.25, 0.3) is 0 Å². The summed E-state index contributed by atoms with van der Waals surface area (Å²) >= 11 is 0. The highest BCUT2D eigenvalue weighted by atomic mass is 16.5. The molecule has 27 heavy (non-hydrogen) atoms. The first-order chi connectivity index (χ1) is 13.1. The Labute approximate surface area is 159 Å². The lowest BCUT2D eigenvalue weighted by Gasteiger charge is -2.26. The third-order valence-corrected chi connectivity index (χ3v) is 4.45. The van der Waals surface area contributed by atoms with Crippen molar-refractivity contribution in [3.05, 3.63) is 36.3 Å². The minimum atomic E-state index is -0.0413. The minimum absolute atomic E-state index is 0.0413. The highest BCUT2D eigenvalue weighted by Gasteiger charge is 2.25. The third-order valence-electron chi connectivity index (χ3n) is 4.45. The zero-order valence-electron chi connectivity index (χ0n) is 16.1. The molecular formula is C19H26N6O2. The average Bonchev–Trinajstić information content (AvgIpc) is 2.94. The fourth-order valence-electron chi connectivity index (χ4n) is 3.17. The molecule has 0 saturated carbocycles. The van der Waals surface area contributed by atoms with Gasteiger partial charge in [0.1, 0.15) is 5.56 Å². The number of amides is 1. The van der Waals surface area contributed by atoms with Crippen LogP contribution in [0.1, 0.15) is 23.7 Å². The van der Waals surface area contributed by atoms with Crippen LogP contribution in [0.2, 0.25) is 0 Å². The van der Waals surface area contributed by atoms with E-state index in [9.17, 15) is 4.79 Å². The number of carbonyl (C=O) groups excluding carboxylic acids is 1. The monoisotopic (exact) mass is 370 g/mol. The van der Waals surface area contributed by atoms with Gasteiger partial charge in [-0.2, -0.15) is 0 Å². The summed E-state index contributed by atoms with van der Waals surface area (Å²) in [5.41, 5.74) is 0.515. The van der Waals surface area contributed by atoms with E-state index in [2.05, 4.69) is 19.9 Å². The van der Waals surface area contributed by atoms with E-state index in [-0.39, 0.29) is 5.91 Å². The van der Waals surface area contributed by atoms with Crippen molar-refractivity contribution in [1.29, 1.82) is 0 Å². The molecule has 2 aromatic heterocycles. The first-order valence-electron chi connectivity index (χ1n) is 9.22. The topological polar surface area (TPSA) is 74.7 Å². The summed E-state index contributed by atoms with van der Waals surface area (Å²) in [6.45, 7) is 5.20. The van der Waals surface area contributed by atoms with E-state index in [1.165, 1.54) is 0 Å². The molecule has 0 spiro atoms. The van der Waals surface area contributed by atoms with Gasteiger partial charge in [-0.3, -0.25) is 4.79 Å². The Morgan fingerprint density at radius 1 is 1.11 bits per heavy atom.